The molecule has 1 rings (SSSR count). The molecule has 0 aliphatic rings. The van der Waals surface area contributed by atoms with Crippen molar-refractivity contribution in [1.29, 1.82) is 0 Å². The van der Waals surface area contributed by atoms with Crippen molar-refractivity contribution in [3.8, 4) is 5.75 Å². The monoisotopic (exact) mass is 267 g/mol. The zero-order chi connectivity index (χ0) is 10.7. The van der Waals surface area contributed by atoms with E-state index >= 15 is 0 Å². The van der Waals surface area contributed by atoms with E-state index in [1.54, 1.807) is 0 Å². The van der Waals surface area contributed by atoms with Gasteiger partial charge in [-0.15, -0.1) is 0 Å². The van der Waals surface area contributed by atoms with E-state index in [1.807, 2.05) is 0 Å². The van der Waals surface area contributed by atoms with E-state index in [1.165, 1.54) is 7.11 Å². The van der Waals surface area contributed by atoms with E-state index in [2.05, 4.69) is 20.9 Å². The van der Waals surface area contributed by atoms with Crippen molar-refractivity contribution in [2.24, 2.45) is 0 Å². The van der Waals surface area contributed by atoms with E-state index in [0.29, 0.717) is 4.47 Å². The lowest BCUT2D eigenvalue weighted by atomic mass is 10.3. The molecule has 0 aliphatic heterocycles. The first kappa shape index (κ1) is 11.3. The number of rotatable bonds is 3. The third kappa shape index (κ3) is 2.19. The molecule has 1 N–H and O–H groups in total. The highest BCUT2D eigenvalue weighted by atomic mass is 79.9. The molecule has 1 aromatic heterocycles. The van der Waals surface area contributed by atoms with Gasteiger partial charge in [-0.05, 0) is 15.9 Å². The molecule has 78 valence electrons. The van der Waals surface area contributed by atoms with Gasteiger partial charge in [-0.2, -0.15) is 0 Å². The molecular formula is C8H8BrF2NO2. The fraction of sp³-hybridized carbons (Fsp3) is 0.375. The van der Waals surface area contributed by atoms with Crippen LogP contribution < -0.4 is 4.74 Å². The van der Waals surface area contributed by atoms with E-state index < -0.39 is 18.7 Å². The molecule has 14 heavy (non-hydrogen) atoms. The standard InChI is InChI=1S/C8H8BrF2NO2/c1-14-6-2-4(8(10)11)12-5(3-13)7(6)9/h2,8,13H,3H2,1H3. The fourth-order valence-corrected chi connectivity index (χ4v) is 1.43. The molecule has 0 radical (unpaired) electrons. The summed E-state index contributed by atoms with van der Waals surface area (Å²) in [6, 6.07) is 1.13. The maximum absolute atomic E-state index is 12.3. The summed E-state index contributed by atoms with van der Waals surface area (Å²) >= 11 is 3.09. The van der Waals surface area contributed by atoms with Gasteiger partial charge in [0, 0.05) is 6.07 Å². The van der Waals surface area contributed by atoms with Crippen LogP contribution in [0.25, 0.3) is 0 Å². The van der Waals surface area contributed by atoms with Crippen LogP contribution in [0.3, 0.4) is 0 Å². The maximum Gasteiger partial charge on any atom is 0.280 e. The molecule has 0 bridgehead atoms. The van der Waals surface area contributed by atoms with Crippen LogP contribution in [0.4, 0.5) is 8.78 Å². The number of methoxy groups -OCH3 is 1. The van der Waals surface area contributed by atoms with Crippen LogP contribution in [0.2, 0.25) is 0 Å². The molecule has 0 amide bonds. The van der Waals surface area contributed by atoms with Crippen molar-refractivity contribution >= 4 is 15.9 Å². The Kier molecular flexibility index (Phi) is 3.77. The summed E-state index contributed by atoms with van der Waals surface area (Å²) in [6.45, 7) is -0.419. The molecule has 0 saturated heterocycles. The molecule has 6 heteroatoms. The molecule has 3 nitrogen and oxygen atoms in total. The van der Waals surface area contributed by atoms with Gasteiger partial charge in [0.2, 0.25) is 0 Å². The molecule has 0 saturated carbocycles. The summed E-state index contributed by atoms with van der Waals surface area (Å²) in [7, 11) is 1.36. The topological polar surface area (TPSA) is 42.4 Å². The Bertz CT molecular complexity index is 308. The number of halogens is 3. The number of aliphatic hydroxyl groups excluding tert-OH is 1. The molecule has 0 aliphatic carbocycles. The molecule has 1 heterocycles. The molecule has 0 atom stereocenters. The first-order valence-electron chi connectivity index (χ1n) is 3.72. The third-order valence-corrected chi connectivity index (χ3v) is 2.45. The predicted molar refractivity (Wildman–Crippen MR) is 49.4 cm³/mol. The maximum atomic E-state index is 12.3. The van der Waals surface area contributed by atoms with Crippen LogP contribution in [-0.4, -0.2) is 17.2 Å². The van der Waals surface area contributed by atoms with Crippen LogP contribution in [0.15, 0.2) is 10.5 Å². The largest absolute Gasteiger partial charge is 0.495 e. The summed E-state index contributed by atoms with van der Waals surface area (Å²) in [6.07, 6.45) is -2.68. The van der Waals surface area contributed by atoms with Gasteiger partial charge < -0.3 is 9.84 Å². The highest BCUT2D eigenvalue weighted by Gasteiger charge is 2.15. The number of pyridine rings is 1. The van der Waals surface area contributed by atoms with Gasteiger partial charge in [0.15, 0.2) is 0 Å². The van der Waals surface area contributed by atoms with Crippen LogP contribution in [-0.2, 0) is 6.61 Å². The molecule has 0 aromatic carbocycles. The molecule has 0 spiro atoms. The van der Waals surface area contributed by atoms with E-state index in [-0.39, 0.29) is 11.4 Å². The van der Waals surface area contributed by atoms with Gasteiger partial charge in [0.05, 0.1) is 23.9 Å². The number of nitrogens with zero attached hydrogens (tertiary/aromatic N) is 1. The SMILES string of the molecule is COc1cc(C(F)F)nc(CO)c1Br. The van der Waals surface area contributed by atoms with Crippen LogP contribution in [0.1, 0.15) is 17.8 Å². The van der Waals surface area contributed by atoms with Crippen LogP contribution in [0.5, 0.6) is 5.75 Å². The summed E-state index contributed by atoms with van der Waals surface area (Å²) in [4.78, 5) is 3.57. The lowest BCUT2D eigenvalue weighted by Gasteiger charge is -2.09. The second kappa shape index (κ2) is 4.65. The number of hydrogen-bond donors (Lipinski definition) is 1. The molecule has 0 unspecified atom stereocenters. The molecule has 1 aromatic rings. The van der Waals surface area contributed by atoms with Crippen molar-refractivity contribution in [2.75, 3.05) is 7.11 Å². The number of aromatic nitrogens is 1. The minimum absolute atomic E-state index is 0.139. The second-order valence-corrected chi connectivity index (χ2v) is 3.26. The van der Waals surface area contributed by atoms with Crippen molar-refractivity contribution < 1.29 is 18.6 Å². The van der Waals surface area contributed by atoms with Crippen LogP contribution >= 0.6 is 15.9 Å². The average Bonchev–Trinajstić information content (AvgIpc) is 2.17. The lowest BCUT2D eigenvalue weighted by Crippen LogP contribution is -2.00. The second-order valence-electron chi connectivity index (χ2n) is 2.47. The van der Waals surface area contributed by atoms with Crippen LogP contribution in [0, 0.1) is 0 Å². The van der Waals surface area contributed by atoms with Gasteiger partial charge in [0.1, 0.15) is 11.4 Å². The van der Waals surface area contributed by atoms with Crippen molar-refractivity contribution in [1.82, 2.24) is 4.98 Å². The summed E-state index contributed by atoms with van der Waals surface area (Å²) < 4.78 is 29.9. The van der Waals surface area contributed by atoms with Gasteiger partial charge in [-0.1, -0.05) is 0 Å². The zero-order valence-electron chi connectivity index (χ0n) is 7.30. The summed E-state index contributed by atoms with van der Waals surface area (Å²) in [5, 5.41) is 8.85. The molecular weight excluding hydrogens is 260 g/mol. The Morgan fingerprint density at radius 2 is 2.29 bits per heavy atom. The smallest absolute Gasteiger partial charge is 0.280 e. The number of aliphatic hydroxyl groups is 1. The summed E-state index contributed by atoms with van der Waals surface area (Å²) in [5.41, 5.74) is -0.270. The van der Waals surface area contributed by atoms with Gasteiger partial charge in [0.25, 0.3) is 6.43 Å². The van der Waals surface area contributed by atoms with Crippen molar-refractivity contribution in [2.45, 2.75) is 13.0 Å². The highest BCUT2D eigenvalue weighted by molar-refractivity contribution is 9.10. The Hall–Kier alpha value is -0.750. The van der Waals surface area contributed by atoms with E-state index in [4.69, 9.17) is 9.84 Å². The number of alkyl halides is 2. The van der Waals surface area contributed by atoms with Crippen molar-refractivity contribution in [3.63, 3.8) is 0 Å². The van der Waals surface area contributed by atoms with Gasteiger partial charge in [-0.3, -0.25) is 0 Å². The Morgan fingerprint density at radius 1 is 1.64 bits per heavy atom. The Morgan fingerprint density at radius 3 is 2.71 bits per heavy atom. The third-order valence-electron chi connectivity index (χ3n) is 1.61. The quantitative estimate of drug-likeness (QED) is 0.914. The normalized spacial score (nSPS) is 10.7. The molecule has 0 fully saturated rings. The highest BCUT2D eigenvalue weighted by Crippen LogP contribution is 2.31. The average molecular weight is 268 g/mol. The van der Waals surface area contributed by atoms with Crippen molar-refractivity contribution in [3.05, 3.63) is 21.9 Å². The Labute approximate surface area is 87.9 Å². The predicted octanol–water partition coefficient (Wildman–Crippen LogP) is 2.28. The number of hydrogen-bond acceptors (Lipinski definition) is 3. The lowest BCUT2D eigenvalue weighted by molar-refractivity contribution is 0.144. The summed E-state index contributed by atoms with van der Waals surface area (Å²) in [5.74, 6) is 0.236. The minimum Gasteiger partial charge on any atom is -0.495 e. The minimum atomic E-state index is -2.68. The first-order valence-corrected chi connectivity index (χ1v) is 4.51. The first-order chi connectivity index (χ1) is 6.60. The van der Waals surface area contributed by atoms with E-state index in [9.17, 15) is 8.78 Å². The van der Waals surface area contributed by atoms with Gasteiger partial charge >= 0.3 is 0 Å². The van der Waals surface area contributed by atoms with E-state index in [0.717, 1.165) is 6.07 Å². The zero-order valence-corrected chi connectivity index (χ0v) is 8.88. The Balaban J connectivity index is 3.25. The van der Waals surface area contributed by atoms with Gasteiger partial charge in [-0.25, -0.2) is 13.8 Å². The fourth-order valence-electron chi connectivity index (χ4n) is 0.942. The number of ether oxygens (including phenoxy) is 1.